The van der Waals surface area contributed by atoms with Crippen LogP contribution in [0.5, 0.6) is 11.5 Å². The molecule has 2 aromatic carbocycles. The van der Waals surface area contributed by atoms with Crippen molar-refractivity contribution in [1.29, 1.82) is 0 Å². The Balaban J connectivity index is 1.72. The zero-order valence-electron chi connectivity index (χ0n) is 15.7. The van der Waals surface area contributed by atoms with E-state index in [9.17, 15) is 13.2 Å². The Morgan fingerprint density at radius 1 is 1.07 bits per heavy atom. The molecule has 28 heavy (non-hydrogen) atoms. The number of nitrogens with zero attached hydrogens (tertiary/aromatic N) is 1. The number of carbonyl (C=O) groups excluding carboxylic acids is 1. The van der Waals surface area contributed by atoms with Crippen LogP contribution in [0.4, 0.5) is 0 Å². The Kier molecular flexibility index (Phi) is 8.28. The first kappa shape index (κ1) is 22.2. The van der Waals surface area contributed by atoms with Crippen LogP contribution in [0.3, 0.4) is 0 Å². The summed E-state index contributed by atoms with van der Waals surface area (Å²) in [6, 6.07) is 13.5. The number of methoxy groups -OCH3 is 1. The summed E-state index contributed by atoms with van der Waals surface area (Å²) in [6.45, 7) is 0.754. The lowest BCUT2D eigenvalue weighted by Crippen LogP contribution is -2.34. The minimum atomic E-state index is -3.63. The third-order valence-corrected chi connectivity index (χ3v) is 5.94. The van der Waals surface area contributed by atoms with E-state index in [0.717, 1.165) is 10.2 Å². The van der Waals surface area contributed by atoms with Crippen LogP contribution in [-0.2, 0) is 14.8 Å². The topological polar surface area (TPSA) is 84.9 Å². The van der Waals surface area contributed by atoms with Crippen molar-refractivity contribution in [1.82, 2.24) is 9.62 Å². The molecule has 1 N–H and O–H groups in total. The Labute approximate surface area is 173 Å². The molecule has 0 aliphatic rings. The average molecular weight is 471 g/mol. The number of nitrogens with one attached hydrogen (secondary N) is 1. The molecule has 7 nitrogen and oxygen atoms in total. The summed E-state index contributed by atoms with van der Waals surface area (Å²) >= 11 is 3.26. The van der Waals surface area contributed by atoms with Crippen LogP contribution in [0.2, 0.25) is 0 Å². The van der Waals surface area contributed by atoms with Crippen molar-refractivity contribution in [3.8, 4) is 11.5 Å². The highest BCUT2D eigenvalue weighted by molar-refractivity contribution is 9.10. The maximum atomic E-state index is 12.2. The fraction of sp³-hybridized carbons (Fsp3) is 0.316. The summed E-state index contributed by atoms with van der Waals surface area (Å²) in [5.74, 6) is 1.26. The molecule has 0 heterocycles. The lowest BCUT2D eigenvalue weighted by atomic mass is 10.3. The number of amides is 1. The van der Waals surface area contributed by atoms with Gasteiger partial charge in [-0.2, -0.15) is 0 Å². The van der Waals surface area contributed by atoms with Gasteiger partial charge in [0.05, 0.1) is 18.6 Å². The van der Waals surface area contributed by atoms with Crippen LogP contribution >= 0.6 is 15.9 Å². The van der Waals surface area contributed by atoms with Crippen molar-refractivity contribution in [2.75, 3.05) is 33.9 Å². The molecule has 0 bridgehead atoms. The highest BCUT2D eigenvalue weighted by Crippen LogP contribution is 2.17. The molecule has 152 valence electrons. The molecule has 2 rings (SSSR count). The van der Waals surface area contributed by atoms with Crippen molar-refractivity contribution in [3.63, 3.8) is 0 Å². The molecule has 0 aromatic heterocycles. The predicted molar refractivity (Wildman–Crippen MR) is 110 cm³/mol. The quantitative estimate of drug-likeness (QED) is 0.576. The highest BCUT2D eigenvalue weighted by Gasteiger charge is 2.15. The van der Waals surface area contributed by atoms with Gasteiger partial charge in [0.1, 0.15) is 18.1 Å². The van der Waals surface area contributed by atoms with Gasteiger partial charge in [-0.05, 0) is 48.5 Å². The van der Waals surface area contributed by atoms with Crippen molar-refractivity contribution < 1.29 is 22.7 Å². The standard InChI is InChI=1S/C19H23BrN2O5S/c1-22(13-14-27-17-7-5-16(26-2)6-8-17)19(23)11-12-21-28(24,25)18-9-3-15(20)4-10-18/h3-10,21H,11-14H2,1-2H3. The van der Waals surface area contributed by atoms with Crippen molar-refractivity contribution >= 4 is 31.9 Å². The van der Waals surface area contributed by atoms with Gasteiger partial charge in [0.15, 0.2) is 0 Å². The Hall–Kier alpha value is -2.10. The van der Waals surface area contributed by atoms with Crippen LogP contribution in [0.1, 0.15) is 6.42 Å². The summed E-state index contributed by atoms with van der Waals surface area (Å²) in [4.78, 5) is 13.8. The van der Waals surface area contributed by atoms with E-state index in [4.69, 9.17) is 9.47 Å². The normalized spacial score (nSPS) is 11.1. The van der Waals surface area contributed by atoms with Crippen LogP contribution in [0, 0.1) is 0 Å². The van der Waals surface area contributed by atoms with Crippen LogP contribution < -0.4 is 14.2 Å². The first-order valence-corrected chi connectivity index (χ1v) is 10.9. The van der Waals surface area contributed by atoms with Gasteiger partial charge in [0.25, 0.3) is 0 Å². The van der Waals surface area contributed by atoms with E-state index in [0.29, 0.717) is 18.9 Å². The molecule has 1 amide bonds. The van der Waals surface area contributed by atoms with Crippen LogP contribution in [0.25, 0.3) is 0 Å². The molecule has 0 aliphatic heterocycles. The van der Waals surface area contributed by atoms with Gasteiger partial charge in [0.2, 0.25) is 15.9 Å². The number of carbonyl (C=O) groups is 1. The van der Waals surface area contributed by atoms with Gasteiger partial charge >= 0.3 is 0 Å². The van der Waals surface area contributed by atoms with Gasteiger partial charge in [-0.25, -0.2) is 13.1 Å². The number of ether oxygens (including phenoxy) is 2. The zero-order valence-corrected chi connectivity index (χ0v) is 18.1. The maximum absolute atomic E-state index is 12.2. The largest absolute Gasteiger partial charge is 0.497 e. The average Bonchev–Trinajstić information content (AvgIpc) is 2.68. The Morgan fingerprint density at radius 3 is 2.29 bits per heavy atom. The van der Waals surface area contributed by atoms with Gasteiger partial charge in [-0.15, -0.1) is 0 Å². The van der Waals surface area contributed by atoms with E-state index in [-0.39, 0.29) is 23.8 Å². The van der Waals surface area contributed by atoms with E-state index in [1.54, 1.807) is 50.6 Å². The molecule has 0 aliphatic carbocycles. The summed E-state index contributed by atoms with van der Waals surface area (Å²) < 4.78 is 38.3. The molecule has 0 radical (unpaired) electrons. The zero-order chi connectivity index (χ0) is 20.6. The van der Waals surface area contributed by atoms with Crippen molar-refractivity contribution in [2.45, 2.75) is 11.3 Å². The van der Waals surface area contributed by atoms with E-state index in [1.807, 2.05) is 0 Å². The smallest absolute Gasteiger partial charge is 0.240 e. The van der Waals surface area contributed by atoms with Gasteiger partial charge in [-0.3, -0.25) is 4.79 Å². The molecule has 9 heteroatoms. The Bertz CT molecular complexity index is 870. The number of sulfonamides is 1. The van der Waals surface area contributed by atoms with Gasteiger partial charge < -0.3 is 14.4 Å². The van der Waals surface area contributed by atoms with E-state index in [2.05, 4.69) is 20.7 Å². The summed E-state index contributed by atoms with van der Waals surface area (Å²) in [6.07, 6.45) is 0.0643. The minimum absolute atomic E-state index is 0.0287. The van der Waals surface area contributed by atoms with Crippen LogP contribution in [-0.4, -0.2) is 53.1 Å². The molecule has 0 fully saturated rings. The lowest BCUT2D eigenvalue weighted by molar-refractivity contribution is -0.130. The van der Waals surface area contributed by atoms with Crippen molar-refractivity contribution in [3.05, 3.63) is 53.0 Å². The number of halogens is 1. The fourth-order valence-electron chi connectivity index (χ4n) is 2.28. The fourth-order valence-corrected chi connectivity index (χ4v) is 3.57. The lowest BCUT2D eigenvalue weighted by Gasteiger charge is -2.17. The summed E-state index contributed by atoms with van der Waals surface area (Å²) in [5, 5.41) is 0. The Morgan fingerprint density at radius 2 is 1.68 bits per heavy atom. The second-order valence-corrected chi connectivity index (χ2v) is 8.62. The minimum Gasteiger partial charge on any atom is -0.497 e. The molecule has 0 saturated carbocycles. The van der Waals surface area contributed by atoms with E-state index < -0.39 is 10.0 Å². The second kappa shape index (κ2) is 10.4. The SMILES string of the molecule is COc1ccc(OCCN(C)C(=O)CCNS(=O)(=O)c2ccc(Br)cc2)cc1. The number of rotatable bonds is 10. The molecule has 0 spiro atoms. The van der Waals surface area contributed by atoms with Crippen LogP contribution in [0.15, 0.2) is 57.9 Å². The molecule has 0 atom stereocenters. The second-order valence-electron chi connectivity index (χ2n) is 5.94. The third-order valence-electron chi connectivity index (χ3n) is 3.94. The predicted octanol–water partition coefficient (Wildman–Crippen LogP) is 2.66. The first-order chi connectivity index (χ1) is 13.3. The number of hydrogen-bond acceptors (Lipinski definition) is 5. The van der Waals surface area contributed by atoms with E-state index in [1.165, 1.54) is 17.0 Å². The number of benzene rings is 2. The first-order valence-electron chi connectivity index (χ1n) is 8.58. The van der Waals surface area contributed by atoms with E-state index >= 15 is 0 Å². The van der Waals surface area contributed by atoms with Gasteiger partial charge in [0, 0.05) is 24.5 Å². The molecule has 0 saturated heterocycles. The molecule has 0 unspecified atom stereocenters. The van der Waals surface area contributed by atoms with Gasteiger partial charge in [-0.1, -0.05) is 15.9 Å². The third kappa shape index (κ3) is 6.81. The summed E-state index contributed by atoms with van der Waals surface area (Å²) in [5.41, 5.74) is 0. The maximum Gasteiger partial charge on any atom is 0.240 e. The number of likely N-dealkylation sites (N-methyl/N-ethyl adjacent to an activating group) is 1. The molecule has 2 aromatic rings. The highest BCUT2D eigenvalue weighted by atomic mass is 79.9. The molecular weight excluding hydrogens is 448 g/mol. The van der Waals surface area contributed by atoms with Crippen molar-refractivity contribution in [2.24, 2.45) is 0 Å². The molecular formula is C19H23BrN2O5S. The monoisotopic (exact) mass is 470 g/mol. The summed E-state index contributed by atoms with van der Waals surface area (Å²) in [7, 11) is -0.385. The number of hydrogen-bond donors (Lipinski definition) is 1.